The van der Waals surface area contributed by atoms with Gasteiger partial charge in [-0.25, -0.2) is 0 Å². The molecule has 8 rings (SSSR count). The summed E-state index contributed by atoms with van der Waals surface area (Å²) in [5.41, 5.74) is 11.1. The van der Waals surface area contributed by atoms with Gasteiger partial charge in [-0.05, 0) is 78.2 Å². The summed E-state index contributed by atoms with van der Waals surface area (Å²) in [6.45, 7) is 3.50. The summed E-state index contributed by atoms with van der Waals surface area (Å²) in [7, 11) is 0. The van der Waals surface area contributed by atoms with Crippen LogP contribution in [0.25, 0.3) is 67.1 Å². The van der Waals surface area contributed by atoms with Gasteiger partial charge in [0.15, 0.2) is 0 Å². The van der Waals surface area contributed by atoms with Crippen molar-refractivity contribution >= 4 is 39.4 Å². The molecule has 1 heterocycles. The van der Waals surface area contributed by atoms with Crippen LogP contribution in [0.15, 0.2) is 152 Å². The van der Waals surface area contributed by atoms with Crippen molar-refractivity contribution in [2.45, 2.75) is 0 Å². The molecule has 0 unspecified atom stereocenters. The van der Waals surface area contributed by atoms with E-state index in [0.29, 0.717) is 0 Å². The second kappa shape index (κ2) is 12.5. The molecule has 0 aliphatic carbocycles. The SMILES string of the molecule is C(=C\c1ccc(-c2c3ccccc3c(-c3ccc(-c4ccc(N5CCOCC5)cc4)cc3)c3ccccc23)cc1)/c1ccccc1. The molecule has 7 aromatic rings. The number of ether oxygens (including phenoxy) is 1. The number of rotatable bonds is 6. The molecule has 0 atom stereocenters. The Balaban J connectivity index is 1.16. The third kappa shape index (κ3) is 5.49. The van der Waals surface area contributed by atoms with E-state index in [1.165, 1.54) is 71.7 Å². The van der Waals surface area contributed by atoms with Crippen LogP contribution in [0.2, 0.25) is 0 Å². The topological polar surface area (TPSA) is 12.5 Å². The highest BCUT2D eigenvalue weighted by Gasteiger charge is 2.17. The number of nitrogens with zero attached hydrogens (tertiary/aromatic N) is 1. The van der Waals surface area contributed by atoms with Gasteiger partial charge in [0.1, 0.15) is 0 Å². The van der Waals surface area contributed by atoms with Crippen molar-refractivity contribution in [1.29, 1.82) is 0 Å². The molecule has 7 aromatic carbocycles. The number of anilines is 1. The summed E-state index contributed by atoms with van der Waals surface area (Å²) < 4.78 is 5.53. The molecule has 0 aromatic heterocycles. The van der Waals surface area contributed by atoms with Crippen molar-refractivity contribution in [3.63, 3.8) is 0 Å². The molecule has 1 aliphatic heterocycles. The second-order valence-electron chi connectivity index (χ2n) is 11.9. The Kier molecular flexibility index (Phi) is 7.63. The molecular formula is C44H35NO. The van der Waals surface area contributed by atoms with Crippen molar-refractivity contribution in [2.24, 2.45) is 0 Å². The van der Waals surface area contributed by atoms with Crippen LogP contribution in [-0.4, -0.2) is 26.3 Å². The third-order valence-electron chi connectivity index (χ3n) is 9.15. The zero-order chi connectivity index (χ0) is 30.7. The summed E-state index contributed by atoms with van der Waals surface area (Å²) in [5, 5.41) is 5.08. The van der Waals surface area contributed by atoms with Crippen LogP contribution in [0.4, 0.5) is 5.69 Å². The molecule has 1 fully saturated rings. The van der Waals surface area contributed by atoms with Crippen molar-refractivity contribution in [3.05, 3.63) is 163 Å². The van der Waals surface area contributed by atoms with Crippen LogP contribution >= 0.6 is 0 Å². The molecule has 2 heteroatoms. The van der Waals surface area contributed by atoms with E-state index in [-0.39, 0.29) is 0 Å². The Morgan fingerprint density at radius 1 is 0.391 bits per heavy atom. The molecular weight excluding hydrogens is 558 g/mol. The van der Waals surface area contributed by atoms with Crippen LogP contribution in [-0.2, 0) is 4.74 Å². The Morgan fingerprint density at radius 3 is 1.28 bits per heavy atom. The highest BCUT2D eigenvalue weighted by molar-refractivity contribution is 6.21. The van der Waals surface area contributed by atoms with E-state index in [0.717, 1.165) is 26.3 Å². The van der Waals surface area contributed by atoms with E-state index in [4.69, 9.17) is 4.74 Å². The minimum Gasteiger partial charge on any atom is -0.378 e. The summed E-state index contributed by atoms with van der Waals surface area (Å²) in [6, 6.07) is 55.2. The van der Waals surface area contributed by atoms with E-state index in [2.05, 4.69) is 163 Å². The quantitative estimate of drug-likeness (QED) is 0.140. The van der Waals surface area contributed by atoms with Gasteiger partial charge in [-0.1, -0.05) is 152 Å². The van der Waals surface area contributed by atoms with Crippen molar-refractivity contribution in [1.82, 2.24) is 0 Å². The summed E-state index contributed by atoms with van der Waals surface area (Å²) >= 11 is 0. The molecule has 1 aliphatic rings. The minimum atomic E-state index is 0.798. The lowest BCUT2D eigenvalue weighted by Gasteiger charge is -2.28. The van der Waals surface area contributed by atoms with Gasteiger partial charge in [-0.3, -0.25) is 0 Å². The first-order valence-electron chi connectivity index (χ1n) is 16.1. The second-order valence-corrected chi connectivity index (χ2v) is 11.9. The largest absolute Gasteiger partial charge is 0.378 e. The smallest absolute Gasteiger partial charge is 0.0642 e. The van der Waals surface area contributed by atoms with Crippen LogP contribution in [0.5, 0.6) is 0 Å². The molecule has 0 saturated carbocycles. The Labute approximate surface area is 270 Å². The average molecular weight is 594 g/mol. The number of morpholine rings is 1. The maximum absolute atomic E-state index is 5.53. The molecule has 0 amide bonds. The molecule has 1 saturated heterocycles. The van der Waals surface area contributed by atoms with Gasteiger partial charge in [-0.15, -0.1) is 0 Å². The molecule has 0 N–H and O–H groups in total. The molecule has 0 radical (unpaired) electrons. The Morgan fingerprint density at radius 2 is 0.783 bits per heavy atom. The van der Waals surface area contributed by atoms with Gasteiger partial charge in [-0.2, -0.15) is 0 Å². The van der Waals surface area contributed by atoms with Crippen molar-refractivity contribution in [2.75, 3.05) is 31.2 Å². The van der Waals surface area contributed by atoms with Crippen LogP contribution < -0.4 is 4.90 Å². The van der Waals surface area contributed by atoms with E-state index in [1.807, 2.05) is 6.07 Å². The van der Waals surface area contributed by atoms with Gasteiger partial charge in [0.25, 0.3) is 0 Å². The summed E-state index contributed by atoms with van der Waals surface area (Å²) in [6.07, 6.45) is 4.35. The molecule has 0 bridgehead atoms. The fraction of sp³-hybridized carbons (Fsp3) is 0.0909. The van der Waals surface area contributed by atoms with Crippen LogP contribution in [0.1, 0.15) is 11.1 Å². The van der Waals surface area contributed by atoms with Gasteiger partial charge in [0.05, 0.1) is 13.2 Å². The number of benzene rings is 7. The lowest BCUT2D eigenvalue weighted by molar-refractivity contribution is 0.122. The van der Waals surface area contributed by atoms with Gasteiger partial charge in [0.2, 0.25) is 0 Å². The number of fused-ring (bicyclic) bond motifs is 2. The highest BCUT2D eigenvalue weighted by atomic mass is 16.5. The summed E-state index contributed by atoms with van der Waals surface area (Å²) in [4.78, 5) is 2.40. The van der Waals surface area contributed by atoms with Crippen LogP contribution in [0, 0.1) is 0 Å². The zero-order valence-electron chi connectivity index (χ0n) is 25.8. The highest BCUT2D eigenvalue weighted by Crippen LogP contribution is 2.44. The van der Waals surface area contributed by atoms with Crippen LogP contribution in [0.3, 0.4) is 0 Å². The fourth-order valence-corrected chi connectivity index (χ4v) is 6.78. The average Bonchev–Trinajstić information content (AvgIpc) is 3.14. The van der Waals surface area contributed by atoms with Crippen molar-refractivity contribution in [3.8, 4) is 33.4 Å². The molecule has 46 heavy (non-hydrogen) atoms. The predicted molar refractivity (Wildman–Crippen MR) is 196 cm³/mol. The van der Waals surface area contributed by atoms with Gasteiger partial charge in [0, 0.05) is 18.8 Å². The predicted octanol–water partition coefficient (Wildman–Crippen LogP) is 11.0. The lowest BCUT2D eigenvalue weighted by Crippen LogP contribution is -2.36. The standard InChI is InChI=1S/C44H35NO/c1-2-8-32(9-3-1)14-15-33-16-18-36(19-17-33)43-39-10-4-6-12-41(39)44(42-13-7-5-11-40(42)43)37-22-20-34(21-23-37)35-24-26-38(27-25-35)45-28-30-46-31-29-45/h1-27H,28-31H2/b15-14+. The molecule has 222 valence electrons. The van der Waals surface area contributed by atoms with Gasteiger partial charge >= 0.3 is 0 Å². The van der Waals surface area contributed by atoms with Gasteiger partial charge < -0.3 is 9.64 Å². The minimum absolute atomic E-state index is 0.798. The van der Waals surface area contributed by atoms with Crippen molar-refractivity contribution < 1.29 is 4.74 Å². The lowest BCUT2D eigenvalue weighted by atomic mass is 9.85. The maximum atomic E-state index is 5.53. The normalized spacial score (nSPS) is 13.5. The molecule has 2 nitrogen and oxygen atoms in total. The maximum Gasteiger partial charge on any atom is 0.0642 e. The first-order valence-corrected chi connectivity index (χ1v) is 16.1. The third-order valence-corrected chi connectivity index (χ3v) is 9.15. The Bertz CT molecular complexity index is 2080. The summed E-state index contributed by atoms with van der Waals surface area (Å²) in [5.74, 6) is 0. The Hall–Kier alpha value is -5.44. The zero-order valence-corrected chi connectivity index (χ0v) is 25.8. The van der Waals surface area contributed by atoms with E-state index in [1.54, 1.807) is 0 Å². The van der Waals surface area contributed by atoms with E-state index < -0.39 is 0 Å². The molecule has 0 spiro atoms. The number of hydrogen-bond donors (Lipinski definition) is 0. The van der Waals surface area contributed by atoms with E-state index >= 15 is 0 Å². The first kappa shape index (κ1) is 28.1. The fourth-order valence-electron chi connectivity index (χ4n) is 6.78. The van der Waals surface area contributed by atoms with E-state index in [9.17, 15) is 0 Å². The first-order chi connectivity index (χ1) is 22.8. The monoisotopic (exact) mass is 593 g/mol. The number of hydrogen-bond acceptors (Lipinski definition) is 2.